The summed E-state index contributed by atoms with van der Waals surface area (Å²) >= 11 is 1.91. The van der Waals surface area contributed by atoms with Gasteiger partial charge in [-0.25, -0.2) is 0 Å². The maximum absolute atomic E-state index is 4.26. The molecule has 0 aliphatic heterocycles. The highest BCUT2D eigenvalue weighted by molar-refractivity contribution is 7.98. The van der Waals surface area contributed by atoms with Gasteiger partial charge in [0.1, 0.15) is 0 Å². The van der Waals surface area contributed by atoms with Crippen LogP contribution in [0, 0.1) is 0 Å². The van der Waals surface area contributed by atoms with E-state index in [0.717, 1.165) is 19.5 Å². The maximum atomic E-state index is 4.26. The third-order valence-electron chi connectivity index (χ3n) is 3.40. The molecule has 0 aliphatic carbocycles. The van der Waals surface area contributed by atoms with Crippen molar-refractivity contribution in [1.82, 2.24) is 10.3 Å². The Morgan fingerprint density at radius 3 is 2.95 bits per heavy atom. The number of nitrogens with one attached hydrogen (secondary N) is 1. The molecule has 0 aromatic carbocycles. The molecular weight excluding hydrogens is 254 g/mol. The van der Waals surface area contributed by atoms with Gasteiger partial charge in [0.15, 0.2) is 0 Å². The molecule has 1 heterocycles. The fourth-order valence-electron chi connectivity index (χ4n) is 2.02. The molecule has 4 heteroatoms. The number of anilines is 1. The molecular formula is C15H27N3S. The summed E-state index contributed by atoms with van der Waals surface area (Å²) < 4.78 is 0. The van der Waals surface area contributed by atoms with E-state index in [1.54, 1.807) is 0 Å². The van der Waals surface area contributed by atoms with Crippen LogP contribution in [0.3, 0.4) is 0 Å². The summed E-state index contributed by atoms with van der Waals surface area (Å²) in [5.41, 5.74) is 2.58. The van der Waals surface area contributed by atoms with Gasteiger partial charge in [-0.15, -0.1) is 0 Å². The minimum Gasteiger partial charge on any atom is -0.372 e. The Morgan fingerprint density at radius 2 is 2.26 bits per heavy atom. The van der Waals surface area contributed by atoms with Crippen LogP contribution in [0.5, 0.6) is 0 Å². The quantitative estimate of drug-likeness (QED) is 0.704. The molecule has 108 valence electrons. The summed E-state index contributed by atoms with van der Waals surface area (Å²) in [7, 11) is 2.18. The van der Waals surface area contributed by atoms with Crippen molar-refractivity contribution in [3.05, 3.63) is 24.0 Å². The first-order chi connectivity index (χ1) is 9.20. The highest BCUT2D eigenvalue weighted by Gasteiger charge is 2.13. The number of thioether (sulfide) groups is 1. The van der Waals surface area contributed by atoms with Crippen LogP contribution in [0.25, 0.3) is 0 Å². The zero-order valence-corrected chi connectivity index (χ0v) is 13.5. The van der Waals surface area contributed by atoms with E-state index < -0.39 is 0 Å². The number of rotatable bonds is 9. The molecule has 0 spiro atoms. The third kappa shape index (κ3) is 5.41. The molecule has 19 heavy (non-hydrogen) atoms. The van der Waals surface area contributed by atoms with Gasteiger partial charge in [-0.3, -0.25) is 4.98 Å². The molecule has 1 N–H and O–H groups in total. The fourth-order valence-corrected chi connectivity index (χ4v) is 2.60. The standard InChI is InChI=1S/C15H27N3S/c1-5-8-16-11-14-12-17-9-6-15(14)18(3)13(2)7-10-19-4/h6,9,12-13,16H,5,7-8,10-11H2,1-4H3. The van der Waals surface area contributed by atoms with Crippen molar-refractivity contribution < 1.29 is 0 Å². The van der Waals surface area contributed by atoms with Gasteiger partial charge in [-0.05, 0) is 44.4 Å². The van der Waals surface area contributed by atoms with E-state index in [1.165, 1.54) is 23.4 Å². The predicted molar refractivity (Wildman–Crippen MR) is 87.1 cm³/mol. The Kier molecular flexibility index (Phi) is 7.91. The monoisotopic (exact) mass is 281 g/mol. The van der Waals surface area contributed by atoms with Crippen molar-refractivity contribution >= 4 is 17.4 Å². The second-order valence-corrected chi connectivity index (χ2v) is 5.91. The molecule has 0 saturated carbocycles. The summed E-state index contributed by atoms with van der Waals surface area (Å²) in [4.78, 5) is 6.63. The molecule has 1 aromatic rings. The molecule has 0 amide bonds. The highest BCUT2D eigenvalue weighted by Crippen LogP contribution is 2.21. The van der Waals surface area contributed by atoms with Gasteiger partial charge in [0.05, 0.1) is 0 Å². The van der Waals surface area contributed by atoms with Gasteiger partial charge in [0, 0.05) is 43.3 Å². The SMILES string of the molecule is CCCNCc1cnccc1N(C)C(C)CCSC. The summed E-state index contributed by atoms with van der Waals surface area (Å²) in [6, 6.07) is 2.68. The Labute approximate surface area is 122 Å². The van der Waals surface area contributed by atoms with Crippen LogP contribution in [0.15, 0.2) is 18.5 Å². The van der Waals surface area contributed by atoms with Gasteiger partial charge in [0.2, 0.25) is 0 Å². The average Bonchev–Trinajstić information content (AvgIpc) is 2.44. The van der Waals surface area contributed by atoms with Crippen molar-refractivity contribution in [2.75, 3.05) is 30.5 Å². The number of aromatic nitrogens is 1. The van der Waals surface area contributed by atoms with Crippen molar-refractivity contribution in [1.29, 1.82) is 0 Å². The number of hydrogen-bond donors (Lipinski definition) is 1. The Bertz CT molecular complexity index is 357. The number of pyridine rings is 1. The van der Waals surface area contributed by atoms with Crippen molar-refractivity contribution in [3.8, 4) is 0 Å². The molecule has 0 bridgehead atoms. The lowest BCUT2D eigenvalue weighted by Crippen LogP contribution is -2.31. The summed E-state index contributed by atoms with van der Waals surface area (Å²) in [6.07, 6.45) is 8.41. The van der Waals surface area contributed by atoms with Gasteiger partial charge in [0.25, 0.3) is 0 Å². The minimum absolute atomic E-state index is 0.555. The first-order valence-corrected chi connectivity index (χ1v) is 8.45. The predicted octanol–water partition coefficient (Wildman–Crippen LogP) is 3.16. The van der Waals surface area contributed by atoms with E-state index >= 15 is 0 Å². The van der Waals surface area contributed by atoms with Crippen LogP contribution in [-0.2, 0) is 6.54 Å². The highest BCUT2D eigenvalue weighted by atomic mass is 32.2. The number of nitrogens with zero attached hydrogens (tertiary/aromatic N) is 2. The van der Waals surface area contributed by atoms with Crippen molar-refractivity contribution in [2.45, 2.75) is 39.3 Å². The summed E-state index contributed by atoms with van der Waals surface area (Å²) in [6.45, 7) is 6.43. The molecule has 1 aromatic heterocycles. The van der Waals surface area contributed by atoms with Crippen LogP contribution >= 0.6 is 11.8 Å². The molecule has 0 saturated heterocycles. The lowest BCUT2D eigenvalue weighted by atomic mass is 10.1. The first kappa shape index (κ1) is 16.3. The van der Waals surface area contributed by atoms with E-state index in [9.17, 15) is 0 Å². The maximum Gasteiger partial charge on any atom is 0.0442 e. The molecule has 0 radical (unpaired) electrons. The van der Waals surface area contributed by atoms with Crippen LogP contribution < -0.4 is 10.2 Å². The second kappa shape index (κ2) is 9.21. The van der Waals surface area contributed by atoms with E-state index in [4.69, 9.17) is 0 Å². The zero-order valence-electron chi connectivity index (χ0n) is 12.6. The molecule has 3 nitrogen and oxygen atoms in total. The molecule has 0 fully saturated rings. The topological polar surface area (TPSA) is 28.2 Å². The van der Waals surface area contributed by atoms with E-state index in [1.807, 2.05) is 24.2 Å². The Balaban J connectivity index is 2.69. The van der Waals surface area contributed by atoms with Gasteiger partial charge < -0.3 is 10.2 Å². The zero-order chi connectivity index (χ0) is 14.1. The van der Waals surface area contributed by atoms with Crippen LogP contribution in [-0.4, -0.2) is 36.6 Å². The minimum atomic E-state index is 0.555. The van der Waals surface area contributed by atoms with Gasteiger partial charge in [-0.2, -0.15) is 11.8 Å². The first-order valence-electron chi connectivity index (χ1n) is 7.06. The molecule has 1 unspecified atom stereocenters. The van der Waals surface area contributed by atoms with Gasteiger partial charge in [-0.1, -0.05) is 6.92 Å². The fraction of sp³-hybridized carbons (Fsp3) is 0.667. The lowest BCUT2D eigenvalue weighted by Gasteiger charge is -2.29. The van der Waals surface area contributed by atoms with Crippen molar-refractivity contribution in [2.24, 2.45) is 0 Å². The number of hydrogen-bond acceptors (Lipinski definition) is 4. The van der Waals surface area contributed by atoms with Crippen LogP contribution in [0.4, 0.5) is 5.69 Å². The normalized spacial score (nSPS) is 12.4. The van der Waals surface area contributed by atoms with E-state index in [-0.39, 0.29) is 0 Å². The van der Waals surface area contributed by atoms with E-state index in [0.29, 0.717) is 6.04 Å². The lowest BCUT2D eigenvalue weighted by molar-refractivity contribution is 0.649. The third-order valence-corrected chi connectivity index (χ3v) is 4.04. The summed E-state index contributed by atoms with van der Waals surface area (Å²) in [5.74, 6) is 1.21. The molecule has 1 rings (SSSR count). The second-order valence-electron chi connectivity index (χ2n) is 4.92. The van der Waals surface area contributed by atoms with Crippen LogP contribution in [0.1, 0.15) is 32.3 Å². The smallest absolute Gasteiger partial charge is 0.0442 e. The largest absolute Gasteiger partial charge is 0.372 e. The van der Waals surface area contributed by atoms with Crippen molar-refractivity contribution in [3.63, 3.8) is 0 Å². The Hall–Kier alpha value is -0.740. The Morgan fingerprint density at radius 1 is 1.47 bits per heavy atom. The van der Waals surface area contributed by atoms with Crippen LogP contribution in [0.2, 0.25) is 0 Å². The van der Waals surface area contributed by atoms with Gasteiger partial charge >= 0.3 is 0 Å². The molecule has 0 aliphatic rings. The average molecular weight is 281 g/mol. The molecule has 1 atom stereocenters. The summed E-state index contributed by atoms with van der Waals surface area (Å²) in [5, 5.41) is 3.46. The van der Waals surface area contributed by atoms with E-state index in [2.05, 4.69) is 48.4 Å².